The standard InChI is InChI=1S/C14H12BrClN2O/c15-9-10-1-5-12(6-2-10)17-14(19)18-13-7-3-11(16)4-8-13/h1-8H,9H2,(H2,17,18,19). The maximum absolute atomic E-state index is 11.8. The minimum absolute atomic E-state index is 0.283. The number of hydrogen-bond acceptors (Lipinski definition) is 1. The highest BCUT2D eigenvalue weighted by atomic mass is 79.9. The molecule has 0 aliphatic heterocycles. The van der Waals surface area contributed by atoms with E-state index < -0.39 is 0 Å². The molecule has 0 radical (unpaired) electrons. The van der Waals surface area contributed by atoms with Crippen molar-refractivity contribution in [2.24, 2.45) is 0 Å². The second-order valence-electron chi connectivity index (χ2n) is 3.92. The molecule has 0 atom stereocenters. The second-order valence-corrected chi connectivity index (χ2v) is 4.91. The van der Waals surface area contributed by atoms with Crippen LogP contribution >= 0.6 is 27.5 Å². The Kier molecular flexibility index (Phi) is 4.82. The number of urea groups is 1. The highest BCUT2D eigenvalue weighted by molar-refractivity contribution is 9.08. The number of carbonyl (C=O) groups excluding carboxylic acids is 1. The fourth-order valence-electron chi connectivity index (χ4n) is 1.50. The van der Waals surface area contributed by atoms with Crippen LogP contribution in [0.4, 0.5) is 16.2 Å². The summed E-state index contributed by atoms with van der Waals surface area (Å²) in [5.41, 5.74) is 2.60. The first kappa shape index (κ1) is 13.9. The third kappa shape index (κ3) is 4.26. The van der Waals surface area contributed by atoms with Gasteiger partial charge in [0.1, 0.15) is 0 Å². The molecule has 0 heterocycles. The third-order valence-electron chi connectivity index (χ3n) is 2.47. The summed E-state index contributed by atoms with van der Waals surface area (Å²) in [6.07, 6.45) is 0. The summed E-state index contributed by atoms with van der Waals surface area (Å²) >= 11 is 9.15. The van der Waals surface area contributed by atoms with E-state index in [-0.39, 0.29) is 6.03 Å². The zero-order valence-electron chi connectivity index (χ0n) is 9.99. The quantitative estimate of drug-likeness (QED) is 0.769. The fourth-order valence-corrected chi connectivity index (χ4v) is 2.00. The maximum Gasteiger partial charge on any atom is 0.323 e. The van der Waals surface area contributed by atoms with E-state index in [1.54, 1.807) is 24.3 Å². The molecule has 0 aromatic heterocycles. The van der Waals surface area contributed by atoms with Gasteiger partial charge in [0.25, 0.3) is 0 Å². The van der Waals surface area contributed by atoms with Crippen molar-refractivity contribution in [3.63, 3.8) is 0 Å². The number of carbonyl (C=O) groups is 1. The normalized spacial score (nSPS) is 10.0. The first-order chi connectivity index (χ1) is 9.17. The van der Waals surface area contributed by atoms with E-state index in [0.29, 0.717) is 10.7 Å². The molecule has 3 nitrogen and oxygen atoms in total. The highest BCUT2D eigenvalue weighted by Gasteiger charge is 2.02. The number of anilines is 2. The first-order valence-corrected chi connectivity index (χ1v) is 7.16. The zero-order chi connectivity index (χ0) is 13.7. The van der Waals surface area contributed by atoms with Gasteiger partial charge in [0, 0.05) is 21.7 Å². The predicted molar refractivity (Wildman–Crippen MR) is 83.2 cm³/mol. The summed E-state index contributed by atoms with van der Waals surface area (Å²) in [4.78, 5) is 11.8. The Morgan fingerprint density at radius 2 is 1.42 bits per heavy atom. The Hall–Kier alpha value is -1.52. The van der Waals surface area contributed by atoms with Crippen molar-refractivity contribution in [2.45, 2.75) is 5.33 Å². The van der Waals surface area contributed by atoms with E-state index in [1.165, 1.54) is 0 Å². The smallest absolute Gasteiger partial charge is 0.308 e. The molecule has 2 aromatic rings. The van der Waals surface area contributed by atoms with Gasteiger partial charge < -0.3 is 10.6 Å². The van der Waals surface area contributed by atoms with E-state index in [9.17, 15) is 4.79 Å². The summed E-state index contributed by atoms with van der Waals surface area (Å²) in [6.45, 7) is 0. The number of alkyl halides is 1. The van der Waals surface area contributed by atoms with Crippen LogP contribution < -0.4 is 10.6 Å². The molecule has 5 heteroatoms. The van der Waals surface area contributed by atoms with Crippen LogP contribution in [0.2, 0.25) is 5.02 Å². The van der Waals surface area contributed by atoms with Crippen LogP contribution in [0, 0.1) is 0 Å². The van der Waals surface area contributed by atoms with E-state index >= 15 is 0 Å². The first-order valence-electron chi connectivity index (χ1n) is 5.66. The monoisotopic (exact) mass is 338 g/mol. The van der Waals surface area contributed by atoms with Gasteiger partial charge in [-0.1, -0.05) is 39.7 Å². The van der Waals surface area contributed by atoms with E-state index in [2.05, 4.69) is 26.6 Å². The Morgan fingerprint density at radius 1 is 0.947 bits per heavy atom. The lowest BCUT2D eigenvalue weighted by Gasteiger charge is -2.08. The van der Waals surface area contributed by atoms with Crippen LogP contribution in [0.5, 0.6) is 0 Å². The van der Waals surface area contributed by atoms with Gasteiger partial charge in [0.2, 0.25) is 0 Å². The molecule has 0 aliphatic rings. The van der Waals surface area contributed by atoms with Gasteiger partial charge in [0.15, 0.2) is 0 Å². The molecule has 0 saturated heterocycles. The summed E-state index contributed by atoms with van der Waals surface area (Å²) in [7, 11) is 0. The van der Waals surface area contributed by atoms with Crippen LogP contribution in [-0.2, 0) is 5.33 Å². The number of nitrogens with one attached hydrogen (secondary N) is 2. The van der Waals surface area contributed by atoms with Crippen LogP contribution in [0.3, 0.4) is 0 Å². The molecule has 0 saturated carbocycles. The molecule has 0 unspecified atom stereocenters. The van der Waals surface area contributed by atoms with Crippen LogP contribution in [0.1, 0.15) is 5.56 Å². The highest BCUT2D eigenvalue weighted by Crippen LogP contribution is 2.15. The van der Waals surface area contributed by atoms with Crippen molar-refractivity contribution < 1.29 is 4.79 Å². The average molecular weight is 340 g/mol. The largest absolute Gasteiger partial charge is 0.323 e. The van der Waals surface area contributed by atoms with Gasteiger partial charge in [-0.15, -0.1) is 0 Å². The molecule has 0 fully saturated rings. The maximum atomic E-state index is 11.8. The van der Waals surface area contributed by atoms with Gasteiger partial charge >= 0.3 is 6.03 Å². The number of rotatable bonds is 3. The Labute approximate surface area is 125 Å². The predicted octanol–water partition coefficient (Wildman–Crippen LogP) is 4.88. The summed E-state index contributed by atoms with van der Waals surface area (Å²) in [6, 6.07) is 14.3. The second kappa shape index (κ2) is 6.59. The van der Waals surface area contributed by atoms with Crippen molar-refractivity contribution in [2.75, 3.05) is 10.6 Å². The number of amides is 2. The summed E-state index contributed by atoms with van der Waals surface area (Å²) < 4.78 is 0. The molecule has 2 N–H and O–H groups in total. The van der Waals surface area contributed by atoms with E-state index in [1.807, 2.05) is 24.3 Å². The van der Waals surface area contributed by atoms with Gasteiger partial charge in [-0.2, -0.15) is 0 Å². The lowest BCUT2D eigenvalue weighted by atomic mass is 10.2. The fraction of sp³-hybridized carbons (Fsp3) is 0.0714. The number of halogens is 2. The van der Waals surface area contributed by atoms with Crippen molar-refractivity contribution in [1.82, 2.24) is 0 Å². The van der Waals surface area contributed by atoms with Crippen LogP contribution in [0.25, 0.3) is 0 Å². The summed E-state index contributed by atoms with van der Waals surface area (Å²) in [5.74, 6) is 0. The Bertz CT molecular complexity index is 555. The van der Waals surface area contributed by atoms with Crippen molar-refractivity contribution in [3.8, 4) is 0 Å². The van der Waals surface area contributed by atoms with Crippen LogP contribution in [0.15, 0.2) is 48.5 Å². The number of benzene rings is 2. The van der Waals surface area contributed by atoms with E-state index in [0.717, 1.165) is 16.6 Å². The van der Waals surface area contributed by atoms with Crippen molar-refractivity contribution in [1.29, 1.82) is 0 Å². The topological polar surface area (TPSA) is 41.1 Å². The van der Waals surface area contributed by atoms with E-state index in [4.69, 9.17) is 11.6 Å². The molecule has 2 amide bonds. The third-order valence-corrected chi connectivity index (χ3v) is 3.37. The SMILES string of the molecule is O=C(Nc1ccc(Cl)cc1)Nc1ccc(CBr)cc1. The lowest BCUT2D eigenvalue weighted by Crippen LogP contribution is -2.19. The van der Waals surface area contributed by atoms with Gasteiger partial charge in [-0.05, 0) is 42.0 Å². The molecule has 98 valence electrons. The zero-order valence-corrected chi connectivity index (χ0v) is 12.3. The Morgan fingerprint density at radius 3 is 1.89 bits per heavy atom. The van der Waals surface area contributed by atoms with Crippen LogP contribution in [-0.4, -0.2) is 6.03 Å². The van der Waals surface area contributed by atoms with Crippen molar-refractivity contribution >= 4 is 44.9 Å². The number of hydrogen-bond donors (Lipinski definition) is 2. The minimum atomic E-state index is -0.283. The van der Waals surface area contributed by atoms with Gasteiger partial charge in [-0.25, -0.2) is 4.79 Å². The molecular formula is C14H12BrClN2O. The van der Waals surface area contributed by atoms with Gasteiger partial charge in [0.05, 0.1) is 0 Å². The molecular weight excluding hydrogens is 328 g/mol. The van der Waals surface area contributed by atoms with Gasteiger partial charge in [-0.3, -0.25) is 0 Å². The minimum Gasteiger partial charge on any atom is -0.308 e. The molecule has 19 heavy (non-hydrogen) atoms. The molecule has 0 aliphatic carbocycles. The molecule has 0 bridgehead atoms. The average Bonchev–Trinajstić information content (AvgIpc) is 2.42. The molecule has 2 aromatic carbocycles. The lowest BCUT2D eigenvalue weighted by molar-refractivity contribution is 0.262. The molecule has 2 rings (SSSR count). The van der Waals surface area contributed by atoms with Crippen molar-refractivity contribution in [3.05, 3.63) is 59.1 Å². The summed E-state index contributed by atoms with van der Waals surface area (Å²) in [5, 5.41) is 6.92. The Balaban J connectivity index is 1.95. The molecule has 0 spiro atoms.